The Morgan fingerprint density at radius 3 is 2.52 bits per heavy atom. The Morgan fingerprint density at radius 2 is 1.83 bits per heavy atom. The van der Waals surface area contributed by atoms with Gasteiger partial charge in [0.2, 0.25) is 5.91 Å². The molecule has 0 aliphatic carbocycles. The number of methoxy groups -OCH3 is 2. The van der Waals surface area contributed by atoms with Crippen LogP contribution in [0.4, 0.5) is 10.1 Å². The van der Waals surface area contributed by atoms with Gasteiger partial charge in [-0.1, -0.05) is 12.1 Å². The summed E-state index contributed by atoms with van der Waals surface area (Å²) >= 11 is 0. The largest absolute Gasteiger partial charge is 0.493 e. The molecule has 0 saturated carbocycles. The van der Waals surface area contributed by atoms with Crippen molar-refractivity contribution in [3.05, 3.63) is 53.3 Å². The molecule has 0 aliphatic heterocycles. The van der Waals surface area contributed by atoms with Crippen molar-refractivity contribution in [2.45, 2.75) is 19.8 Å². The van der Waals surface area contributed by atoms with Crippen LogP contribution in [0.2, 0.25) is 0 Å². The zero-order valence-electron chi connectivity index (χ0n) is 13.5. The van der Waals surface area contributed by atoms with Crippen LogP contribution in [-0.4, -0.2) is 20.1 Å². The monoisotopic (exact) mass is 317 g/mol. The van der Waals surface area contributed by atoms with Crippen LogP contribution in [0.15, 0.2) is 36.4 Å². The van der Waals surface area contributed by atoms with Crippen LogP contribution in [-0.2, 0) is 11.2 Å². The van der Waals surface area contributed by atoms with Crippen LogP contribution in [0.25, 0.3) is 0 Å². The Balaban J connectivity index is 1.98. The summed E-state index contributed by atoms with van der Waals surface area (Å²) in [6.07, 6.45) is 0.853. The minimum Gasteiger partial charge on any atom is -0.493 e. The van der Waals surface area contributed by atoms with E-state index in [0.717, 1.165) is 11.1 Å². The van der Waals surface area contributed by atoms with E-state index in [1.807, 2.05) is 25.1 Å². The maximum Gasteiger partial charge on any atom is 0.224 e. The standard InChI is InChI=1S/C18H20FNO3/c1-12-4-7-14(19)11-15(12)20-18(21)9-6-13-5-8-16(22-2)17(10-13)23-3/h4-5,7-8,10-11H,6,9H2,1-3H3,(H,20,21). The first-order valence-corrected chi connectivity index (χ1v) is 7.30. The fourth-order valence-electron chi connectivity index (χ4n) is 2.24. The lowest BCUT2D eigenvalue weighted by molar-refractivity contribution is -0.116. The van der Waals surface area contributed by atoms with Gasteiger partial charge in [0.15, 0.2) is 11.5 Å². The molecule has 2 rings (SSSR count). The van der Waals surface area contributed by atoms with E-state index < -0.39 is 0 Å². The van der Waals surface area contributed by atoms with Crippen molar-refractivity contribution in [1.29, 1.82) is 0 Å². The zero-order valence-corrected chi connectivity index (χ0v) is 13.5. The molecule has 0 fully saturated rings. The highest BCUT2D eigenvalue weighted by molar-refractivity contribution is 5.91. The number of benzene rings is 2. The van der Waals surface area contributed by atoms with E-state index in [4.69, 9.17) is 9.47 Å². The minimum absolute atomic E-state index is 0.159. The van der Waals surface area contributed by atoms with Crippen LogP contribution >= 0.6 is 0 Å². The number of carbonyl (C=O) groups is 1. The van der Waals surface area contributed by atoms with Crippen molar-refractivity contribution in [3.63, 3.8) is 0 Å². The highest BCUT2D eigenvalue weighted by atomic mass is 19.1. The van der Waals surface area contributed by atoms with Gasteiger partial charge >= 0.3 is 0 Å². The molecule has 0 radical (unpaired) electrons. The first-order valence-electron chi connectivity index (χ1n) is 7.30. The number of anilines is 1. The van der Waals surface area contributed by atoms with Crippen LogP contribution in [0, 0.1) is 12.7 Å². The van der Waals surface area contributed by atoms with Crippen LogP contribution in [0.1, 0.15) is 17.5 Å². The summed E-state index contributed by atoms with van der Waals surface area (Å²) in [4.78, 5) is 12.0. The van der Waals surface area contributed by atoms with Gasteiger partial charge in [-0.15, -0.1) is 0 Å². The molecule has 0 aromatic heterocycles. The fourth-order valence-corrected chi connectivity index (χ4v) is 2.24. The molecule has 23 heavy (non-hydrogen) atoms. The smallest absolute Gasteiger partial charge is 0.224 e. The van der Waals surface area contributed by atoms with Gasteiger partial charge in [-0.3, -0.25) is 4.79 Å². The molecule has 122 valence electrons. The summed E-state index contributed by atoms with van der Waals surface area (Å²) in [5, 5.41) is 2.74. The number of carbonyl (C=O) groups excluding carboxylic acids is 1. The van der Waals surface area contributed by atoms with E-state index in [-0.39, 0.29) is 11.7 Å². The third-order valence-electron chi connectivity index (χ3n) is 3.56. The summed E-state index contributed by atoms with van der Waals surface area (Å²) in [5.41, 5.74) is 2.29. The Hall–Kier alpha value is -2.56. The third-order valence-corrected chi connectivity index (χ3v) is 3.56. The molecule has 4 nitrogen and oxygen atoms in total. The van der Waals surface area contributed by atoms with E-state index >= 15 is 0 Å². The molecule has 1 amide bonds. The van der Waals surface area contributed by atoms with Crippen LogP contribution < -0.4 is 14.8 Å². The molecule has 0 heterocycles. The van der Waals surface area contributed by atoms with E-state index in [0.29, 0.717) is 30.0 Å². The van der Waals surface area contributed by atoms with E-state index in [1.54, 1.807) is 20.3 Å². The molecule has 0 unspecified atom stereocenters. The maximum atomic E-state index is 13.2. The number of nitrogens with one attached hydrogen (secondary N) is 1. The maximum absolute atomic E-state index is 13.2. The molecule has 0 saturated heterocycles. The van der Waals surface area contributed by atoms with Crippen molar-refractivity contribution in [2.24, 2.45) is 0 Å². The zero-order chi connectivity index (χ0) is 16.8. The second kappa shape index (κ2) is 7.63. The van der Waals surface area contributed by atoms with Crippen molar-refractivity contribution in [1.82, 2.24) is 0 Å². The quantitative estimate of drug-likeness (QED) is 0.883. The summed E-state index contributed by atoms with van der Waals surface area (Å²) in [6, 6.07) is 9.88. The average Bonchev–Trinajstić information content (AvgIpc) is 2.56. The Kier molecular flexibility index (Phi) is 5.57. The molecule has 0 spiro atoms. The number of rotatable bonds is 6. The van der Waals surface area contributed by atoms with Crippen molar-refractivity contribution in [3.8, 4) is 11.5 Å². The molecule has 0 atom stereocenters. The molecule has 5 heteroatoms. The van der Waals surface area contributed by atoms with E-state index in [2.05, 4.69) is 5.32 Å². The van der Waals surface area contributed by atoms with Crippen molar-refractivity contribution >= 4 is 11.6 Å². The topological polar surface area (TPSA) is 47.6 Å². The molecule has 0 aliphatic rings. The predicted octanol–water partition coefficient (Wildman–Crippen LogP) is 3.72. The molecule has 2 aromatic carbocycles. The van der Waals surface area contributed by atoms with Crippen molar-refractivity contribution in [2.75, 3.05) is 19.5 Å². The number of halogens is 1. The summed E-state index contributed by atoms with van der Waals surface area (Å²) in [5.74, 6) is 0.752. The lowest BCUT2D eigenvalue weighted by Gasteiger charge is -2.10. The van der Waals surface area contributed by atoms with Gasteiger partial charge in [-0.05, 0) is 48.7 Å². The van der Waals surface area contributed by atoms with Crippen LogP contribution in [0.3, 0.4) is 0 Å². The van der Waals surface area contributed by atoms with E-state index in [9.17, 15) is 9.18 Å². The fraction of sp³-hybridized carbons (Fsp3) is 0.278. The van der Waals surface area contributed by atoms with E-state index in [1.165, 1.54) is 12.1 Å². The molecule has 1 N–H and O–H groups in total. The van der Waals surface area contributed by atoms with Gasteiger partial charge in [-0.25, -0.2) is 4.39 Å². The third kappa shape index (κ3) is 4.45. The number of aryl methyl sites for hydroxylation is 2. The van der Waals surface area contributed by atoms with Gasteiger partial charge in [0, 0.05) is 12.1 Å². The first kappa shape index (κ1) is 16.8. The molecule has 0 bridgehead atoms. The van der Waals surface area contributed by atoms with Gasteiger partial charge in [0.25, 0.3) is 0 Å². The Labute approximate surface area is 135 Å². The lowest BCUT2D eigenvalue weighted by atomic mass is 10.1. The van der Waals surface area contributed by atoms with Gasteiger partial charge in [0.1, 0.15) is 5.82 Å². The number of hydrogen-bond donors (Lipinski definition) is 1. The number of amides is 1. The van der Waals surface area contributed by atoms with Crippen LogP contribution in [0.5, 0.6) is 11.5 Å². The summed E-state index contributed by atoms with van der Waals surface area (Å²) < 4.78 is 23.6. The summed E-state index contributed by atoms with van der Waals surface area (Å²) in [7, 11) is 3.15. The highest BCUT2D eigenvalue weighted by Gasteiger charge is 2.09. The number of hydrogen-bond acceptors (Lipinski definition) is 3. The molecular formula is C18H20FNO3. The molecule has 2 aromatic rings. The van der Waals surface area contributed by atoms with Gasteiger partial charge < -0.3 is 14.8 Å². The SMILES string of the molecule is COc1ccc(CCC(=O)Nc2cc(F)ccc2C)cc1OC. The predicted molar refractivity (Wildman–Crippen MR) is 87.6 cm³/mol. The summed E-state index contributed by atoms with van der Waals surface area (Å²) in [6.45, 7) is 1.82. The first-order chi connectivity index (χ1) is 11.0. The average molecular weight is 317 g/mol. The Bertz CT molecular complexity index is 701. The highest BCUT2D eigenvalue weighted by Crippen LogP contribution is 2.28. The minimum atomic E-state index is -0.370. The second-order valence-electron chi connectivity index (χ2n) is 5.20. The number of ether oxygens (including phenoxy) is 2. The van der Waals surface area contributed by atoms with Gasteiger partial charge in [-0.2, -0.15) is 0 Å². The van der Waals surface area contributed by atoms with Crippen molar-refractivity contribution < 1.29 is 18.7 Å². The lowest BCUT2D eigenvalue weighted by Crippen LogP contribution is -2.13. The normalized spacial score (nSPS) is 10.3. The molecular weight excluding hydrogens is 297 g/mol. The Morgan fingerprint density at radius 1 is 1.09 bits per heavy atom. The van der Waals surface area contributed by atoms with Gasteiger partial charge in [0.05, 0.1) is 14.2 Å². The second-order valence-corrected chi connectivity index (χ2v) is 5.20.